The van der Waals surface area contributed by atoms with Crippen molar-refractivity contribution in [2.24, 2.45) is 0 Å². The molecule has 21 heavy (non-hydrogen) atoms. The number of piperazine rings is 2. The number of rotatable bonds is 8. The lowest BCUT2D eigenvalue weighted by Crippen LogP contribution is -2.45. The molecule has 0 aromatic rings. The molecule has 1 unspecified atom stereocenters. The number of hydrogen-bond donors (Lipinski definition) is 2. The van der Waals surface area contributed by atoms with Crippen molar-refractivity contribution >= 4 is 0 Å². The minimum Gasteiger partial charge on any atom is -0.368 e. The molecule has 0 bridgehead atoms. The third-order valence-electron chi connectivity index (χ3n) is 4.43. The van der Waals surface area contributed by atoms with Crippen molar-refractivity contribution in [3.8, 4) is 0 Å². The minimum atomic E-state index is -0.604. The fourth-order valence-corrected chi connectivity index (χ4v) is 2.89. The molecule has 2 aliphatic heterocycles. The Morgan fingerprint density at radius 1 is 1.00 bits per heavy atom. The Labute approximate surface area is 129 Å². The Kier molecular flexibility index (Phi) is 7.92. The van der Waals surface area contributed by atoms with Gasteiger partial charge in [-0.2, -0.15) is 0 Å². The number of hydrogen-bond acceptors (Lipinski definition) is 6. The van der Waals surface area contributed by atoms with Gasteiger partial charge in [0.05, 0.1) is 6.61 Å². The van der Waals surface area contributed by atoms with Gasteiger partial charge in [-0.1, -0.05) is 0 Å². The van der Waals surface area contributed by atoms with E-state index in [-0.39, 0.29) is 0 Å². The molecule has 2 N–H and O–H groups in total. The predicted molar refractivity (Wildman–Crippen MR) is 84.4 cm³/mol. The average Bonchev–Trinajstić information content (AvgIpc) is 2.52. The van der Waals surface area contributed by atoms with Crippen LogP contribution in [0.3, 0.4) is 0 Å². The first-order valence-corrected chi connectivity index (χ1v) is 8.37. The van der Waals surface area contributed by atoms with Gasteiger partial charge in [-0.15, -0.1) is 0 Å². The van der Waals surface area contributed by atoms with Crippen LogP contribution in [0.25, 0.3) is 0 Å². The molecule has 0 aromatic heterocycles. The van der Waals surface area contributed by atoms with E-state index in [1.165, 1.54) is 0 Å². The third kappa shape index (κ3) is 7.04. The molecule has 6 heteroatoms. The van der Waals surface area contributed by atoms with E-state index in [1.54, 1.807) is 0 Å². The predicted octanol–water partition coefficient (Wildman–Crippen LogP) is -0.746. The van der Waals surface area contributed by atoms with Gasteiger partial charge in [0, 0.05) is 71.9 Å². The lowest BCUT2D eigenvalue weighted by molar-refractivity contribution is -0.108. The quantitative estimate of drug-likeness (QED) is 0.455. The monoisotopic (exact) mass is 300 g/mol. The Morgan fingerprint density at radius 2 is 1.67 bits per heavy atom. The fourth-order valence-electron chi connectivity index (χ4n) is 2.89. The van der Waals surface area contributed by atoms with E-state index in [0.29, 0.717) is 6.61 Å². The Bertz CT molecular complexity index is 266. The molecule has 0 spiro atoms. The third-order valence-corrected chi connectivity index (χ3v) is 4.43. The summed E-state index contributed by atoms with van der Waals surface area (Å²) in [5, 5.41) is 13.2. The molecule has 6 nitrogen and oxygen atoms in total. The van der Waals surface area contributed by atoms with Crippen molar-refractivity contribution in [3.05, 3.63) is 0 Å². The maximum Gasteiger partial charge on any atom is 0.155 e. The van der Waals surface area contributed by atoms with Crippen LogP contribution in [0, 0.1) is 0 Å². The SMILES string of the molecule is CN1CCN(CCC(O)OCCCN2CCNCC2)CC1. The van der Waals surface area contributed by atoms with Crippen LogP contribution in [-0.2, 0) is 4.74 Å². The molecule has 0 amide bonds. The fraction of sp³-hybridized carbons (Fsp3) is 1.00. The van der Waals surface area contributed by atoms with Gasteiger partial charge in [0.25, 0.3) is 0 Å². The smallest absolute Gasteiger partial charge is 0.155 e. The molecule has 2 fully saturated rings. The topological polar surface area (TPSA) is 51.2 Å². The summed E-state index contributed by atoms with van der Waals surface area (Å²) in [5.41, 5.74) is 0. The zero-order valence-corrected chi connectivity index (χ0v) is 13.5. The summed E-state index contributed by atoms with van der Waals surface area (Å²) in [5.74, 6) is 0. The number of ether oxygens (including phenoxy) is 1. The maximum absolute atomic E-state index is 9.89. The van der Waals surface area contributed by atoms with Gasteiger partial charge in [-0.3, -0.25) is 0 Å². The highest BCUT2D eigenvalue weighted by atomic mass is 16.6. The normalized spacial score (nSPS) is 24.3. The van der Waals surface area contributed by atoms with E-state index in [4.69, 9.17) is 4.74 Å². The first-order chi connectivity index (χ1) is 10.2. The summed E-state index contributed by atoms with van der Waals surface area (Å²) in [6.07, 6.45) is 1.12. The number of aliphatic hydroxyl groups is 1. The molecule has 0 aliphatic carbocycles. The largest absolute Gasteiger partial charge is 0.368 e. The van der Waals surface area contributed by atoms with Gasteiger partial charge in [0.2, 0.25) is 0 Å². The lowest BCUT2D eigenvalue weighted by atomic mass is 10.3. The maximum atomic E-state index is 9.89. The Morgan fingerprint density at radius 3 is 2.38 bits per heavy atom. The van der Waals surface area contributed by atoms with Crippen LogP contribution in [0.1, 0.15) is 12.8 Å². The van der Waals surface area contributed by atoms with Gasteiger partial charge >= 0.3 is 0 Å². The van der Waals surface area contributed by atoms with E-state index in [9.17, 15) is 5.11 Å². The zero-order valence-electron chi connectivity index (χ0n) is 13.5. The van der Waals surface area contributed by atoms with Crippen LogP contribution in [0.5, 0.6) is 0 Å². The van der Waals surface area contributed by atoms with Crippen molar-refractivity contribution in [1.29, 1.82) is 0 Å². The summed E-state index contributed by atoms with van der Waals surface area (Å²) in [6.45, 7) is 11.6. The van der Waals surface area contributed by atoms with E-state index < -0.39 is 6.29 Å². The molecule has 2 saturated heterocycles. The Balaban J connectivity index is 1.44. The molecule has 0 radical (unpaired) electrons. The zero-order chi connectivity index (χ0) is 14.9. The number of aliphatic hydroxyl groups excluding tert-OH is 1. The lowest BCUT2D eigenvalue weighted by Gasteiger charge is -2.32. The van der Waals surface area contributed by atoms with Gasteiger partial charge in [-0.25, -0.2) is 0 Å². The van der Waals surface area contributed by atoms with Crippen LogP contribution in [0.2, 0.25) is 0 Å². The van der Waals surface area contributed by atoms with Gasteiger partial charge in [0.1, 0.15) is 0 Å². The van der Waals surface area contributed by atoms with Crippen molar-refractivity contribution in [2.75, 3.05) is 79.1 Å². The van der Waals surface area contributed by atoms with Crippen molar-refractivity contribution in [3.63, 3.8) is 0 Å². The highest BCUT2D eigenvalue weighted by molar-refractivity contribution is 4.69. The number of likely N-dealkylation sites (N-methyl/N-ethyl adjacent to an activating group) is 1. The molecular formula is C15H32N4O2. The van der Waals surface area contributed by atoms with Crippen LogP contribution in [0.4, 0.5) is 0 Å². The van der Waals surface area contributed by atoms with Crippen LogP contribution in [-0.4, -0.2) is 105 Å². The van der Waals surface area contributed by atoms with Gasteiger partial charge in [0.15, 0.2) is 6.29 Å². The molecule has 0 saturated carbocycles. The molecular weight excluding hydrogens is 268 g/mol. The highest BCUT2D eigenvalue weighted by Crippen LogP contribution is 2.04. The second kappa shape index (κ2) is 9.71. The van der Waals surface area contributed by atoms with E-state index in [2.05, 4.69) is 27.1 Å². The van der Waals surface area contributed by atoms with Crippen molar-refractivity contribution in [2.45, 2.75) is 19.1 Å². The van der Waals surface area contributed by atoms with E-state index >= 15 is 0 Å². The van der Waals surface area contributed by atoms with Gasteiger partial charge < -0.3 is 29.9 Å². The molecule has 124 valence electrons. The minimum absolute atomic E-state index is 0.604. The summed E-state index contributed by atoms with van der Waals surface area (Å²) in [6, 6.07) is 0. The Hall–Kier alpha value is -0.240. The summed E-state index contributed by atoms with van der Waals surface area (Å²) in [7, 11) is 2.16. The average molecular weight is 300 g/mol. The highest BCUT2D eigenvalue weighted by Gasteiger charge is 2.15. The summed E-state index contributed by atoms with van der Waals surface area (Å²) in [4.78, 5) is 7.21. The molecule has 2 rings (SSSR count). The molecule has 2 aliphatic rings. The molecule has 2 heterocycles. The molecule has 0 aromatic carbocycles. The van der Waals surface area contributed by atoms with Crippen molar-refractivity contribution < 1.29 is 9.84 Å². The number of nitrogens with zero attached hydrogens (tertiary/aromatic N) is 3. The van der Waals surface area contributed by atoms with Crippen LogP contribution >= 0.6 is 0 Å². The number of nitrogens with one attached hydrogen (secondary N) is 1. The second-order valence-corrected chi connectivity index (χ2v) is 6.20. The van der Waals surface area contributed by atoms with Gasteiger partial charge in [-0.05, 0) is 13.5 Å². The van der Waals surface area contributed by atoms with E-state index in [0.717, 1.165) is 78.3 Å². The van der Waals surface area contributed by atoms with Crippen LogP contribution in [0.15, 0.2) is 0 Å². The first kappa shape index (κ1) is 17.1. The summed E-state index contributed by atoms with van der Waals surface area (Å²) < 4.78 is 5.52. The molecule has 1 atom stereocenters. The van der Waals surface area contributed by atoms with E-state index in [1.807, 2.05) is 0 Å². The van der Waals surface area contributed by atoms with Crippen molar-refractivity contribution in [1.82, 2.24) is 20.0 Å². The summed E-state index contributed by atoms with van der Waals surface area (Å²) >= 11 is 0. The first-order valence-electron chi connectivity index (χ1n) is 8.37. The van der Waals surface area contributed by atoms with Crippen LogP contribution < -0.4 is 5.32 Å². The second-order valence-electron chi connectivity index (χ2n) is 6.20. The standard InChI is InChI=1S/C15H32N4O2/c1-17-10-12-19(13-11-17)7-3-15(20)21-14-2-6-18-8-4-16-5-9-18/h15-16,20H,2-14H2,1H3.